The van der Waals surface area contributed by atoms with Crippen molar-refractivity contribution in [2.24, 2.45) is 16.3 Å². The van der Waals surface area contributed by atoms with Gasteiger partial charge in [-0.25, -0.2) is 9.79 Å². The number of rotatable bonds is 4. The SMILES string of the molecule is COc1ccc(-[n+]2[nH]oc(=O)c2/C([O-])=N/c2sc3c(c2C#N)CCC(C(C)(C)C)C3)cc1. The first-order valence-electron chi connectivity index (χ1n) is 10.3. The first kappa shape index (κ1) is 21.8. The number of nitrogens with zero attached hydrogens (tertiary/aromatic N) is 3. The van der Waals surface area contributed by atoms with Crippen LogP contribution in [-0.4, -0.2) is 18.3 Å². The number of nitriles is 1. The van der Waals surface area contributed by atoms with Crippen molar-refractivity contribution < 1.29 is 19.0 Å². The zero-order chi connectivity index (χ0) is 23.0. The quantitative estimate of drug-likeness (QED) is 0.371. The maximum absolute atomic E-state index is 13.0. The molecule has 2 aromatic heterocycles. The molecule has 1 aliphatic carbocycles. The Morgan fingerprint density at radius 1 is 1.38 bits per heavy atom. The van der Waals surface area contributed by atoms with Gasteiger partial charge in [0.2, 0.25) is 5.69 Å². The number of H-pyrrole nitrogens is 1. The van der Waals surface area contributed by atoms with E-state index in [9.17, 15) is 15.2 Å². The lowest BCUT2D eigenvalue weighted by Crippen LogP contribution is -2.44. The van der Waals surface area contributed by atoms with Crippen LogP contribution in [0, 0.1) is 22.7 Å². The maximum atomic E-state index is 13.0. The van der Waals surface area contributed by atoms with Crippen molar-refractivity contribution in [3.63, 3.8) is 0 Å². The maximum Gasteiger partial charge on any atom is 0.436 e. The van der Waals surface area contributed by atoms with Gasteiger partial charge in [-0.3, -0.25) is 4.52 Å². The molecule has 0 amide bonds. The van der Waals surface area contributed by atoms with Gasteiger partial charge in [0.25, 0.3) is 0 Å². The lowest BCUT2D eigenvalue weighted by Gasteiger charge is -2.33. The van der Waals surface area contributed by atoms with E-state index in [1.54, 1.807) is 31.4 Å². The van der Waals surface area contributed by atoms with Gasteiger partial charge in [-0.2, -0.15) is 5.26 Å². The Kier molecular flexibility index (Phi) is 5.65. The molecule has 1 atom stereocenters. The van der Waals surface area contributed by atoms with E-state index in [1.807, 2.05) is 0 Å². The van der Waals surface area contributed by atoms with Crippen LogP contribution in [0.4, 0.5) is 5.00 Å². The minimum Gasteiger partial charge on any atom is -0.854 e. The van der Waals surface area contributed by atoms with E-state index in [1.165, 1.54) is 16.0 Å². The van der Waals surface area contributed by atoms with Gasteiger partial charge in [-0.1, -0.05) is 20.8 Å². The second kappa shape index (κ2) is 8.28. The van der Waals surface area contributed by atoms with Gasteiger partial charge in [0, 0.05) is 17.0 Å². The predicted molar refractivity (Wildman–Crippen MR) is 118 cm³/mol. The summed E-state index contributed by atoms with van der Waals surface area (Å²) in [5.41, 5.74) is 0.986. The van der Waals surface area contributed by atoms with E-state index in [4.69, 9.17) is 9.26 Å². The fourth-order valence-electron chi connectivity index (χ4n) is 4.02. The number of hydrogen-bond acceptors (Lipinski definition) is 7. The van der Waals surface area contributed by atoms with Crippen LogP contribution < -0.4 is 20.2 Å². The molecule has 0 bridgehead atoms. The van der Waals surface area contributed by atoms with E-state index in [0.717, 1.165) is 29.7 Å². The molecule has 1 N–H and O–H groups in total. The van der Waals surface area contributed by atoms with Crippen LogP contribution in [-0.2, 0) is 12.8 Å². The lowest BCUT2D eigenvalue weighted by molar-refractivity contribution is -0.673. The van der Waals surface area contributed by atoms with Gasteiger partial charge in [0.15, 0.2) is 0 Å². The summed E-state index contributed by atoms with van der Waals surface area (Å²) in [6.45, 7) is 6.66. The van der Waals surface area contributed by atoms with Crippen molar-refractivity contribution in [3.8, 4) is 17.5 Å². The van der Waals surface area contributed by atoms with Crippen LogP contribution in [0.3, 0.4) is 0 Å². The molecule has 166 valence electrons. The van der Waals surface area contributed by atoms with Crippen LogP contribution in [0.25, 0.3) is 5.69 Å². The second-order valence-corrected chi connectivity index (χ2v) is 9.96. The Balaban J connectivity index is 1.74. The normalized spacial score (nSPS) is 16.5. The third kappa shape index (κ3) is 3.94. The number of ether oxygens (including phenoxy) is 1. The van der Waals surface area contributed by atoms with Crippen molar-refractivity contribution in [3.05, 3.63) is 56.4 Å². The van der Waals surface area contributed by atoms with E-state index in [0.29, 0.717) is 27.9 Å². The van der Waals surface area contributed by atoms with Gasteiger partial charge in [0.05, 0.1) is 18.6 Å². The molecule has 32 heavy (non-hydrogen) atoms. The van der Waals surface area contributed by atoms with Crippen LogP contribution in [0.15, 0.2) is 38.6 Å². The fourth-order valence-corrected chi connectivity index (χ4v) is 5.26. The summed E-state index contributed by atoms with van der Waals surface area (Å²) in [5, 5.41) is 25.6. The number of benzene rings is 1. The molecule has 2 heterocycles. The minimum atomic E-state index is -0.831. The number of thiophene rings is 1. The van der Waals surface area contributed by atoms with Gasteiger partial charge in [-0.05, 0) is 58.2 Å². The summed E-state index contributed by atoms with van der Waals surface area (Å²) in [5.74, 6) is 0.366. The summed E-state index contributed by atoms with van der Waals surface area (Å²) in [6, 6.07) is 8.97. The van der Waals surface area contributed by atoms with Crippen LogP contribution >= 0.6 is 11.3 Å². The molecule has 1 aliphatic rings. The lowest BCUT2D eigenvalue weighted by atomic mass is 9.72. The topological polar surface area (TPSA) is 118 Å². The monoisotopic (exact) mass is 452 g/mol. The van der Waals surface area contributed by atoms with Gasteiger partial charge >= 0.3 is 11.3 Å². The fraction of sp³-hybridized carbons (Fsp3) is 0.391. The molecular weight excluding hydrogens is 428 g/mol. The molecule has 4 rings (SSSR count). The summed E-state index contributed by atoms with van der Waals surface area (Å²) in [6.07, 6.45) is 2.65. The molecule has 0 saturated carbocycles. The summed E-state index contributed by atoms with van der Waals surface area (Å²) >= 11 is 1.37. The third-order valence-corrected chi connectivity index (χ3v) is 7.11. The van der Waals surface area contributed by atoms with Crippen LogP contribution in [0.5, 0.6) is 5.75 Å². The van der Waals surface area contributed by atoms with Gasteiger partial charge in [0.1, 0.15) is 16.8 Å². The largest absolute Gasteiger partial charge is 0.854 e. The second-order valence-electron chi connectivity index (χ2n) is 8.88. The van der Waals surface area contributed by atoms with Crippen molar-refractivity contribution in [2.75, 3.05) is 7.11 Å². The Bertz CT molecular complexity index is 1270. The molecule has 1 aromatic carbocycles. The Hall–Kier alpha value is -3.38. The van der Waals surface area contributed by atoms with Gasteiger partial charge in [-0.15, -0.1) is 11.3 Å². The predicted octanol–water partition coefficient (Wildman–Crippen LogP) is 2.78. The van der Waals surface area contributed by atoms with Crippen molar-refractivity contribution in [1.82, 2.24) is 5.27 Å². The molecule has 0 fully saturated rings. The first-order valence-corrected chi connectivity index (χ1v) is 11.1. The molecule has 0 aliphatic heterocycles. The van der Waals surface area contributed by atoms with E-state index >= 15 is 0 Å². The molecule has 0 spiro atoms. The molecule has 1 unspecified atom stereocenters. The highest BCUT2D eigenvalue weighted by Crippen LogP contribution is 2.44. The smallest absolute Gasteiger partial charge is 0.436 e. The first-order chi connectivity index (χ1) is 15.2. The Morgan fingerprint density at radius 3 is 2.72 bits per heavy atom. The molecular formula is C23H24N4O4S. The van der Waals surface area contributed by atoms with Crippen molar-refractivity contribution in [1.29, 1.82) is 5.26 Å². The summed E-state index contributed by atoms with van der Waals surface area (Å²) in [7, 11) is 1.55. The molecule has 8 nitrogen and oxygen atoms in total. The van der Waals surface area contributed by atoms with Crippen molar-refractivity contribution >= 4 is 22.2 Å². The van der Waals surface area contributed by atoms with E-state index in [-0.39, 0.29) is 11.1 Å². The van der Waals surface area contributed by atoms with E-state index in [2.05, 4.69) is 37.1 Å². The standard InChI is InChI=1S/C23H24N4O4S/c1-23(2,3)13-5-10-16-17(12-24)21(32-18(16)11-13)25-20(28)19-22(29)31-26-27(19)14-6-8-15(30-4)9-7-14/h6-9,13H,5,10-11H2,1-4H3,(H-,25,26,28,29). The molecule has 3 aromatic rings. The number of fused-ring (bicyclic) bond motifs is 1. The molecule has 0 radical (unpaired) electrons. The highest BCUT2D eigenvalue weighted by molar-refractivity contribution is 7.16. The number of aromatic amines is 1. The zero-order valence-corrected chi connectivity index (χ0v) is 19.2. The summed E-state index contributed by atoms with van der Waals surface area (Å²) in [4.78, 5) is 17.6. The number of methoxy groups -OCH3 is 1. The highest BCUT2D eigenvalue weighted by atomic mass is 32.1. The summed E-state index contributed by atoms with van der Waals surface area (Å²) < 4.78 is 11.2. The Morgan fingerprint density at radius 2 is 2.09 bits per heavy atom. The number of nitrogens with one attached hydrogen (secondary N) is 1. The number of aromatic nitrogens is 2. The number of hydrogen-bond donors (Lipinski definition) is 1. The minimum absolute atomic E-state index is 0.162. The molecule has 9 heteroatoms. The van der Waals surface area contributed by atoms with Crippen molar-refractivity contribution in [2.45, 2.75) is 40.0 Å². The third-order valence-electron chi connectivity index (χ3n) is 5.97. The highest BCUT2D eigenvalue weighted by Gasteiger charge is 2.32. The van der Waals surface area contributed by atoms with Crippen LogP contribution in [0.1, 0.15) is 48.9 Å². The van der Waals surface area contributed by atoms with Crippen LogP contribution in [0.2, 0.25) is 0 Å². The average molecular weight is 453 g/mol. The van der Waals surface area contributed by atoms with E-state index < -0.39 is 11.5 Å². The van der Waals surface area contributed by atoms with Gasteiger partial charge < -0.3 is 9.84 Å². The Labute approximate surface area is 189 Å². The number of aliphatic imine (C=N–C) groups is 1. The average Bonchev–Trinajstić information content (AvgIpc) is 3.32. The molecule has 0 saturated heterocycles. The zero-order valence-electron chi connectivity index (χ0n) is 18.4.